The molecule has 0 unspecified atom stereocenters. The molecule has 4 heterocycles. The third kappa shape index (κ3) is 3.39. The lowest BCUT2D eigenvalue weighted by molar-refractivity contribution is 0.102. The fraction of sp³-hybridized carbons (Fsp3) is 0.261. The van der Waals surface area contributed by atoms with Crippen molar-refractivity contribution in [3.63, 3.8) is 0 Å². The number of amides is 1. The van der Waals surface area contributed by atoms with Gasteiger partial charge in [0.25, 0.3) is 5.91 Å². The molecular formula is C23H21F2N5O2. The van der Waals surface area contributed by atoms with Gasteiger partial charge in [0.05, 0.1) is 22.9 Å². The van der Waals surface area contributed by atoms with Crippen LogP contribution in [0.3, 0.4) is 0 Å². The van der Waals surface area contributed by atoms with Crippen LogP contribution in [0.5, 0.6) is 0 Å². The highest BCUT2D eigenvalue weighted by atomic mass is 19.1. The number of hydrogen-bond donors (Lipinski definition) is 1. The molecule has 164 valence electrons. The quantitative estimate of drug-likeness (QED) is 0.502. The molecule has 1 amide bonds. The number of pyridine rings is 1. The second-order valence-electron chi connectivity index (χ2n) is 7.88. The summed E-state index contributed by atoms with van der Waals surface area (Å²) in [6, 6.07) is 7.35. The summed E-state index contributed by atoms with van der Waals surface area (Å²) >= 11 is 0. The zero-order valence-electron chi connectivity index (χ0n) is 17.7. The van der Waals surface area contributed by atoms with Gasteiger partial charge in [-0.2, -0.15) is 5.10 Å². The molecule has 1 N–H and O–H groups in total. The zero-order valence-corrected chi connectivity index (χ0v) is 17.7. The largest absolute Gasteiger partial charge is 0.463 e. The molecule has 9 heteroatoms. The number of nitrogens with zero attached hydrogens (tertiary/aromatic N) is 4. The molecule has 3 aromatic heterocycles. The van der Waals surface area contributed by atoms with E-state index in [1.807, 2.05) is 0 Å². The maximum Gasteiger partial charge on any atom is 0.256 e. The molecular weight excluding hydrogens is 416 g/mol. The lowest BCUT2D eigenvalue weighted by Crippen LogP contribution is -2.21. The van der Waals surface area contributed by atoms with E-state index in [4.69, 9.17) is 4.42 Å². The molecule has 0 spiro atoms. The highest BCUT2D eigenvalue weighted by Crippen LogP contribution is 2.31. The van der Waals surface area contributed by atoms with E-state index in [0.29, 0.717) is 41.3 Å². The van der Waals surface area contributed by atoms with Crippen molar-refractivity contribution in [1.29, 1.82) is 0 Å². The number of benzene rings is 1. The Kier molecular flexibility index (Phi) is 4.88. The third-order valence-electron chi connectivity index (χ3n) is 5.68. The number of halogens is 2. The molecule has 1 aliphatic rings. The molecule has 1 aromatic carbocycles. The number of aromatic nitrogens is 3. The van der Waals surface area contributed by atoms with E-state index in [-0.39, 0.29) is 16.9 Å². The molecule has 4 aromatic rings. The zero-order chi connectivity index (χ0) is 22.4. The summed E-state index contributed by atoms with van der Waals surface area (Å²) in [6.45, 7) is 3.01. The number of carbonyl (C=O) groups is 1. The lowest BCUT2D eigenvalue weighted by Gasteiger charge is -2.20. The Balaban J connectivity index is 1.54. The smallest absolute Gasteiger partial charge is 0.256 e. The highest BCUT2D eigenvalue weighted by Gasteiger charge is 2.23. The van der Waals surface area contributed by atoms with Gasteiger partial charge in [-0.25, -0.2) is 13.8 Å². The predicted octanol–water partition coefficient (Wildman–Crippen LogP) is 4.67. The summed E-state index contributed by atoms with van der Waals surface area (Å²) in [5.74, 6) is -1.42. The minimum Gasteiger partial charge on any atom is -0.463 e. The molecule has 0 saturated carbocycles. The number of aryl methyl sites for hydroxylation is 2. The van der Waals surface area contributed by atoms with E-state index < -0.39 is 17.5 Å². The average Bonchev–Trinajstić information content (AvgIpc) is 3.50. The Morgan fingerprint density at radius 3 is 2.53 bits per heavy atom. The van der Waals surface area contributed by atoms with Crippen LogP contribution in [0.4, 0.5) is 20.2 Å². The first-order chi connectivity index (χ1) is 15.4. The number of anilines is 2. The summed E-state index contributed by atoms with van der Waals surface area (Å²) in [7, 11) is 1.73. The molecule has 0 atom stereocenters. The Morgan fingerprint density at radius 2 is 1.88 bits per heavy atom. The second kappa shape index (κ2) is 7.74. The predicted molar refractivity (Wildman–Crippen MR) is 117 cm³/mol. The van der Waals surface area contributed by atoms with Gasteiger partial charge in [-0.1, -0.05) is 0 Å². The summed E-state index contributed by atoms with van der Waals surface area (Å²) in [6.07, 6.45) is 3.32. The van der Waals surface area contributed by atoms with Crippen LogP contribution in [0, 0.1) is 18.6 Å². The van der Waals surface area contributed by atoms with Gasteiger partial charge in [0.1, 0.15) is 11.4 Å². The SMILES string of the molecule is Cc1nn(C)c2nc(-c3ccco3)cc(C(=O)Nc3cc(F)c(N4CCCC4)c(F)c3)c12. The summed E-state index contributed by atoms with van der Waals surface area (Å²) in [5, 5.41) is 7.56. The van der Waals surface area contributed by atoms with Gasteiger partial charge in [0, 0.05) is 25.8 Å². The van der Waals surface area contributed by atoms with Crippen LogP contribution >= 0.6 is 0 Å². The highest BCUT2D eigenvalue weighted by molar-refractivity contribution is 6.13. The van der Waals surface area contributed by atoms with E-state index in [1.165, 1.54) is 6.26 Å². The van der Waals surface area contributed by atoms with Crippen molar-refractivity contribution in [1.82, 2.24) is 14.8 Å². The fourth-order valence-electron chi connectivity index (χ4n) is 4.25. The molecule has 1 aliphatic heterocycles. The molecule has 7 nitrogen and oxygen atoms in total. The first-order valence-corrected chi connectivity index (χ1v) is 10.4. The van der Waals surface area contributed by atoms with Gasteiger partial charge in [-0.3, -0.25) is 9.48 Å². The molecule has 0 aliphatic carbocycles. The van der Waals surface area contributed by atoms with Gasteiger partial charge in [-0.15, -0.1) is 0 Å². The monoisotopic (exact) mass is 437 g/mol. The van der Waals surface area contributed by atoms with Crippen molar-refractivity contribution < 1.29 is 18.0 Å². The van der Waals surface area contributed by atoms with Crippen molar-refractivity contribution >= 4 is 28.3 Å². The minimum absolute atomic E-state index is 0.0407. The minimum atomic E-state index is -0.698. The molecule has 0 radical (unpaired) electrons. The Labute approximate surface area is 182 Å². The maximum atomic E-state index is 14.7. The van der Waals surface area contributed by atoms with Crippen molar-refractivity contribution in [3.8, 4) is 11.5 Å². The van der Waals surface area contributed by atoms with Crippen LogP contribution in [-0.4, -0.2) is 33.8 Å². The standard InChI is InChI=1S/C23H21F2N5O2/c1-13-20-15(12-18(19-6-5-9-32-19)27-22(20)29(2)28-13)23(31)26-14-10-16(24)21(17(25)11-14)30-7-3-4-8-30/h5-6,9-12H,3-4,7-8H2,1-2H3,(H,26,31). The van der Waals surface area contributed by atoms with Gasteiger partial charge in [0.2, 0.25) is 0 Å². The van der Waals surface area contributed by atoms with Crippen LogP contribution in [0.1, 0.15) is 28.9 Å². The Bertz CT molecular complexity index is 1300. The average molecular weight is 437 g/mol. The van der Waals surface area contributed by atoms with Crippen molar-refractivity contribution in [2.75, 3.05) is 23.3 Å². The van der Waals surface area contributed by atoms with Crippen LogP contribution in [0.15, 0.2) is 41.0 Å². The third-order valence-corrected chi connectivity index (χ3v) is 5.68. The summed E-state index contributed by atoms with van der Waals surface area (Å²) in [4.78, 5) is 19.5. The topological polar surface area (TPSA) is 76.2 Å². The molecule has 1 saturated heterocycles. The number of rotatable bonds is 4. The molecule has 0 bridgehead atoms. The molecule has 5 rings (SSSR count). The van der Waals surface area contributed by atoms with E-state index in [1.54, 1.807) is 41.8 Å². The van der Waals surface area contributed by atoms with Crippen molar-refractivity contribution in [2.24, 2.45) is 7.05 Å². The first kappa shape index (κ1) is 20.2. The van der Waals surface area contributed by atoms with E-state index >= 15 is 0 Å². The number of hydrogen-bond acceptors (Lipinski definition) is 5. The van der Waals surface area contributed by atoms with Gasteiger partial charge in [-0.05, 0) is 50.1 Å². The second-order valence-corrected chi connectivity index (χ2v) is 7.88. The Morgan fingerprint density at radius 1 is 1.16 bits per heavy atom. The fourth-order valence-corrected chi connectivity index (χ4v) is 4.25. The van der Waals surface area contributed by atoms with E-state index in [9.17, 15) is 13.6 Å². The number of carbonyl (C=O) groups excluding carboxylic acids is 1. The first-order valence-electron chi connectivity index (χ1n) is 10.4. The van der Waals surface area contributed by atoms with Crippen LogP contribution in [0.2, 0.25) is 0 Å². The molecule has 1 fully saturated rings. The van der Waals surface area contributed by atoms with E-state index in [0.717, 1.165) is 25.0 Å². The van der Waals surface area contributed by atoms with E-state index in [2.05, 4.69) is 15.4 Å². The number of furan rings is 1. The van der Waals surface area contributed by atoms with Gasteiger partial charge in [0.15, 0.2) is 23.0 Å². The normalized spacial score (nSPS) is 13.8. The van der Waals surface area contributed by atoms with Crippen molar-refractivity contribution in [2.45, 2.75) is 19.8 Å². The molecule has 32 heavy (non-hydrogen) atoms. The van der Waals surface area contributed by atoms with Crippen molar-refractivity contribution in [3.05, 3.63) is 59.5 Å². The summed E-state index contributed by atoms with van der Waals surface area (Å²) in [5.41, 5.74) is 1.86. The number of fused-ring (bicyclic) bond motifs is 1. The Hall–Kier alpha value is -3.75. The van der Waals surface area contributed by atoms with Crippen LogP contribution in [-0.2, 0) is 7.05 Å². The maximum absolute atomic E-state index is 14.7. The summed E-state index contributed by atoms with van der Waals surface area (Å²) < 4.78 is 36.4. The van der Waals surface area contributed by atoms with Gasteiger partial charge < -0.3 is 14.6 Å². The van der Waals surface area contributed by atoms with Crippen LogP contribution in [0.25, 0.3) is 22.5 Å². The van der Waals surface area contributed by atoms with Crippen LogP contribution < -0.4 is 10.2 Å². The lowest BCUT2D eigenvalue weighted by atomic mass is 10.1. The number of nitrogens with one attached hydrogen (secondary N) is 1. The van der Waals surface area contributed by atoms with Gasteiger partial charge >= 0.3 is 0 Å².